The van der Waals surface area contributed by atoms with Crippen LogP contribution in [0.2, 0.25) is 0 Å². The smallest absolute Gasteiger partial charge is 0.275 e. The Morgan fingerprint density at radius 1 is 1.10 bits per heavy atom. The van der Waals surface area contributed by atoms with Crippen LogP contribution in [0.25, 0.3) is 0 Å². The number of nitro benzene ring substituents is 1. The molecule has 0 radical (unpaired) electrons. The maximum Gasteiger partial charge on any atom is 0.275 e. The van der Waals surface area contributed by atoms with E-state index in [1.165, 1.54) is 19.1 Å². The van der Waals surface area contributed by atoms with Gasteiger partial charge in [0.05, 0.1) is 37.1 Å². The summed E-state index contributed by atoms with van der Waals surface area (Å²) in [4.78, 5) is 38.2. The Labute approximate surface area is 175 Å². The van der Waals surface area contributed by atoms with E-state index in [2.05, 4.69) is 10.2 Å². The van der Waals surface area contributed by atoms with Gasteiger partial charge in [0.2, 0.25) is 0 Å². The van der Waals surface area contributed by atoms with Gasteiger partial charge in [0.1, 0.15) is 0 Å². The lowest BCUT2D eigenvalue weighted by Gasteiger charge is -2.33. The minimum atomic E-state index is -0.513. The number of non-ortho nitro benzene ring substituents is 1. The highest BCUT2D eigenvalue weighted by Gasteiger charge is 2.25. The first-order valence-corrected chi connectivity index (χ1v) is 10.1. The quantitative estimate of drug-likeness (QED) is 0.490. The van der Waals surface area contributed by atoms with E-state index in [1.807, 2.05) is 30.3 Å². The monoisotopic (exact) mass is 411 g/mol. The first kappa shape index (κ1) is 21.4. The maximum absolute atomic E-state index is 12.5. The van der Waals surface area contributed by atoms with Crippen molar-refractivity contribution in [2.75, 3.05) is 37.6 Å². The molecule has 0 bridgehead atoms. The van der Waals surface area contributed by atoms with Gasteiger partial charge in [-0.3, -0.25) is 19.7 Å². The molecular weight excluding hydrogens is 384 g/mol. The summed E-state index contributed by atoms with van der Waals surface area (Å²) in [6.07, 6.45) is 0.491. The van der Waals surface area contributed by atoms with Crippen molar-refractivity contribution < 1.29 is 19.4 Å². The number of amides is 1. The molecule has 1 fully saturated rings. The molecule has 2 N–H and O–H groups in total. The molecule has 2 aromatic rings. The third-order valence-corrected chi connectivity index (χ3v) is 5.42. The normalized spacial score (nSPS) is 15.4. The lowest BCUT2D eigenvalue weighted by Crippen LogP contribution is -3.16. The summed E-state index contributed by atoms with van der Waals surface area (Å²) in [5.41, 5.74) is 2.04. The van der Waals surface area contributed by atoms with Crippen LogP contribution >= 0.6 is 0 Å². The number of quaternary nitrogens is 1. The number of nitro groups is 1. The van der Waals surface area contributed by atoms with E-state index in [0.29, 0.717) is 13.0 Å². The largest absolute Gasteiger partial charge is 0.360 e. The molecule has 0 aromatic heterocycles. The highest BCUT2D eigenvalue weighted by Crippen LogP contribution is 2.19. The standard InChI is InChI=1S/C22H26N4O4/c1-17(27)21(15-18-5-3-2-4-6-18)23-22(28)16-24-11-13-25(14-12-24)19-7-9-20(10-8-19)26(29)30/h2-10,21H,11-16H2,1H3,(H,23,28)/p+1/t21-/m1/s1. The molecule has 1 amide bonds. The fourth-order valence-electron chi connectivity index (χ4n) is 3.66. The van der Waals surface area contributed by atoms with Crippen molar-refractivity contribution in [3.05, 3.63) is 70.3 Å². The van der Waals surface area contributed by atoms with E-state index in [0.717, 1.165) is 42.3 Å². The summed E-state index contributed by atoms with van der Waals surface area (Å²) in [7, 11) is 0. The first-order valence-electron chi connectivity index (χ1n) is 10.1. The third-order valence-electron chi connectivity index (χ3n) is 5.42. The molecule has 0 aliphatic carbocycles. The molecule has 1 aliphatic heterocycles. The van der Waals surface area contributed by atoms with Crippen molar-refractivity contribution in [3.63, 3.8) is 0 Å². The van der Waals surface area contributed by atoms with Gasteiger partial charge < -0.3 is 15.1 Å². The zero-order chi connectivity index (χ0) is 21.5. The molecule has 8 heteroatoms. The van der Waals surface area contributed by atoms with Gasteiger partial charge in [-0.2, -0.15) is 0 Å². The van der Waals surface area contributed by atoms with Crippen molar-refractivity contribution in [2.24, 2.45) is 0 Å². The number of hydrogen-bond acceptors (Lipinski definition) is 5. The van der Waals surface area contributed by atoms with Crippen molar-refractivity contribution in [3.8, 4) is 0 Å². The lowest BCUT2D eigenvalue weighted by atomic mass is 10.0. The zero-order valence-corrected chi connectivity index (χ0v) is 17.0. The summed E-state index contributed by atoms with van der Waals surface area (Å²) in [5, 5.41) is 13.7. The Kier molecular flexibility index (Phi) is 7.13. The topological polar surface area (TPSA) is 97.0 Å². The summed E-state index contributed by atoms with van der Waals surface area (Å²) in [6.45, 7) is 4.93. The highest BCUT2D eigenvalue weighted by molar-refractivity contribution is 5.88. The maximum atomic E-state index is 12.5. The van der Waals surface area contributed by atoms with Crippen LogP contribution in [0, 0.1) is 10.1 Å². The summed E-state index contributed by atoms with van der Waals surface area (Å²) in [5.74, 6) is -0.171. The van der Waals surface area contributed by atoms with Crippen LogP contribution in [-0.2, 0) is 16.0 Å². The van der Waals surface area contributed by atoms with Gasteiger partial charge in [0.25, 0.3) is 11.6 Å². The average Bonchev–Trinajstić information content (AvgIpc) is 2.74. The molecule has 1 atom stereocenters. The number of benzene rings is 2. The summed E-state index contributed by atoms with van der Waals surface area (Å²) in [6, 6.07) is 15.7. The van der Waals surface area contributed by atoms with E-state index >= 15 is 0 Å². The summed E-state index contributed by atoms with van der Waals surface area (Å²) < 4.78 is 0. The highest BCUT2D eigenvalue weighted by atomic mass is 16.6. The number of Topliss-reactive ketones (excluding diaryl/α,β-unsaturated/α-hetero) is 1. The van der Waals surface area contributed by atoms with Crippen LogP contribution in [0.4, 0.5) is 11.4 Å². The molecule has 3 rings (SSSR count). The third kappa shape index (κ3) is 5.87. The van der Waals surface area contributed by atoms with E-state index < -0.39 is 11.0 Å². The van der Waals surface area contributed by atoms with Gasteiger partial charge in [-0.1, -0.05) is 30.3 Å². The molecule has 30 heavy (non-hydrogen) atoms. The molecular formula is C22H27N4O4+. The zero-order valence-electron chi connectivity index (χ0n) is 17.0. The average molecular weight is 411 g/mol. The number of nitrogens with one attached hydrogen (secondary N) is 2. The number of anilines is 1. The van der Waals surface area contributed by atoms with Gasteiger partial charge in [-0.15, -0.1) is 0 Å². The van der Waals surface area contributed by atoms with Crippen molar-refractivity contribution in [1.82, 2.24) is 5.32 Å². The molecule has 0 saturated carbocycles. The number of carbonyl (C=O) groups is 2. The van der Waals surface area contributed by atoms with Crippen LogP contribution in [0.1, 0.15) is 12.5 Å². The minimum absolute atomic E-state index is 0.0507. The lowest BCUT2D eigenvalue weighted by molar-refractivity contribution is -0.892. The number of piperazine rings is 1. The van der Waals surface area contributed by atoms with Gasteiger partial charge >= 0.3 is 0 Å². The Hall–Kier alpha value is -3.26. The van der Waals surface area contributed by atoms with Crippen LogP contribution in [0.5, 0.6) is 0 Å². The van der Waals surface area contributed by atoms with Gasteiger partial charge in [0, 0.05) is 17.8 Å². The number of rotatable bonds is 8. The van der Waals surface area contributed by atoms with Crippen LogP contribution in [0.15, 0.2) is 54.6 Å². The van der Waals surface area contributed by atoms with E-state index in [9.17, 15) is 19.7 Å². The number of ketones is 1. The predicted molar refractivity (Wildman–Crippen MR) is 114 cm³/mol. The summed E-state index contributed by atoms with van der Waals surface area (Å²) >= 11 is 0. The Morgan fingerprint density at radius 3 is 2.30 bits per heavy atom. The molecule has 0 spiro atoms. The van der Waals surface area contributed by atoms with Crippen LogP contribution in [0.3, 0.4) is 0 Å². The van der Waals surface area contributed by atoms with Crippen molar-refractivity contribution in [1.29, 1.82) is 0 Å². The molecule has 0 unspecified atom stereocenters. The van der Waals surface area contributed by atoms with Crippen molar-refractivity contribution in [2.45, 2.75) is 19.4 Å². The number of nitrogens with zero attached hydrogens (tertiary/aromatic N) is 2. The molecule has 1 saturated heterocycles. The molecule has 2 aromatic carbocycles. The Bertz CT molecular complexity index is 878. The van der Waals surface area contributed by atoms with Crippen LogP contribution in [-0.4, -0.2) is 55.4 Å². The molecule has 1 aliphatic rings. The number of hydrogen-bond donors (Lipinski definition) is 2. The predicted octanol–water partition coefficient (Wildman–Crippen LogP) is 0.616. The van der Waals surface area contributed by atoms with Crippen LogP contribution < -0.4 is 15.1 Å². The van der Waals surface area contributed by atoms with E-state index in [-0.39, 0.29) is 17.4 Å². The fraction of sp³-hybridized carbons (Fsp3) is 0.364. The second kappa shape index (κ2) is 9.98. The van der Waals surface area contributed by atoms with E-state index in [4.69, 9.17) is 0 Å². The molecule has 1 heterocycles. The molecule has 158 valence electrons. The Morgan fingerprint density at radius 2 is 1.73 bits per heavy atom. The molecule has 8 nitrogen and oxygen atoms in total. The second-order valence-corrected chi connectivity index (χ2v) is 7.61. The van der Waals surface area contributed by atoms with Gasteiger partial charge in [0.15, 0.2) is 12.3 Å². The second-order valence-electron chi connectivity index (χ2n) is 7.61. The first-order chi connectivity index (χ1) is 14.4. The van der Waals surface area contributed by atoms with Crippen molar-refractivity contribution >= 4 is 23.1 Å². The Balaban J connectivity index is 1.48. The van der Waals surface area contributed by atoms with E-state index in [1.54, 1.807) is 12.1 Å². The minimum Gasteiger partial charge on any atom is -0.360 e. The SMILES string of the molecule is CC(=O)[C@@H](Cc1ccccc1)NC(=O)C[NH+]1CCN(c2ccc([N+](=O)[O-])cc2)CC1. The van der Waals surface area contributed by atoms with Gasteiger partial charge in [-0.05, 0) is 31.0 Å². The fourth-order valence-corrected chi connectivity index (χ4v) is 3.66. The van der Waals surface area contributed by atoms with Gasteiger partial charge in [-0.25, -0.2) is 0 Å². The number of carbonyl (C=O) groups excluding carboxylic acids is 2.